The lowest BCUT2D eigenvalue weighted by atomic mass is 10.0. The molecule has 0 amide bonds. The highest BCUT2D eigenvalue weighted by Crippen LogP contribution is 2.29. The quantitative estimate of drug-likeness (QED) is 0.689. The molecule has 1 saturated heterocycles. The molecule has 0 radical (unpaired) electrons. The normalized spacial score (nSPS) is 30.6. The summed E-state index contributed by atoms with van der Waals surface area (Å²) in [5, 5.41) is 0. The van der Waals surface area contributed by atoms with Crippen LogP contribution < -0.4 is 0 Å². The Hall–Kier alpha value is -0.0800. The highest BCUT2D eigenvalue weighted by Gasteiger charge is 2.32. The zero-order valence-corrected chi connectivity index (χ0v) is 9.54. The minimum atomic E-state index is 0.707. The summed E-state index contributed by atoms with van der Waals surface area (Å²) >= 11 is 0. The maximum atomic E-state index is 5.61. The summed E-state index contributed by atoms with van der Waals surface area (Å²) in [4.78, 5) is 2.62. The van der Waals surface area contributed by atoms with Gasteiger partial charge in [-0.05, 0) is 25.2 Å². The third kappa shape index (κ3) is 2.29. The second-order valence-corrected chi connectivity index (χ2v) is 5.24. The molecule has 1 unspecified atom stereocenters. The fourth-order valence-corrected chi connectivity index (χ4v) is 2.88. The molecule has 1 aliphatic carbocycles. The van der Waals surface area contributed by atoms with E-state index in [4.69, 9.17) is 4.74 Å². The van der Waals surface area contributed by atoms with Gasteiger partial charge in [0.15, 0.2) is 0 Å². The van der Waals surface area contributed by atoms with Crippen LogP contribution in [0.4, 0.5) is 0 Å². The predicted molar refractivity (Wildman–Crippen MR) is 58.2 cm³/mol. The predicted octanol–water partition coefficient (Wildman–Crippen LogP) is 2.63. The van der Waals surface area contributed by atoms with Crippen molar-refractivity contribution < 1.29 is 4.74 Å². The van der Waals surface area contributed by atoms with Crippen LogP contribution in [0.1, 0.15) is 46.0 Å². The van der Waals surface area contributed by atoms with Crippen LogP contribution in [-0.4, -0.2) is 30.3 Å². The maximum absolute atomic E-state index is 5.61. The molecule has 0 bridgehead atoms. The Kier molecular flexibility index (Phi) is 3.45. The molecular formula is C12H23NO. The Bertz CT molecular complexity index is 175. The molecule has 1 atom stereocenters. The van der Waals surface area contributed by atoms with Crippen molar-refractivity contribution >= 4 is 0 Å². The first-order chi connectivity index (χ1) is 6.77. The van der Waals surface area contributed by atoms with E-state index in [1.54, 1.807) is 0 Å². The van der Waals surface area contributed by atoms with Crippen LogP contribution in [0, 0.1) is 5.92 Å². The number of hydrogen-bond acceptors (Lipinski definition) is 2. The summed E-state index contributed by atoms with van der Waals surface area (Å²) in [6.45, 7) is 6.48. The van der Waals surface area contributed by atoms with Gasteiger partial charge < -0.3 is 4.74 Å². The van der Waals surface area contributed by atoms with Crippen LogP contribution in [0.15, 0.2) is 0 Å². The van der Waals surface area contributed by atoms with Crippen LogP contribution in [-0.2, 0) is 4.74 Å². The van der Waals surface area contributed by atoms with E-state index < -0.39 is 0 Å². The fraction of sp³-hybridized carbons (Fsp3) is 1.00. The van der Waals surface area contributed by atoms with E-state index in [1.807, 2.05) is 0 Å². The zero-order valence-electron chi connectivity index (χ0n) is 9.54. The average Bonchev–Trinajstić information content (AvgIpc) is 2.70. The Morgan fingerprint density at radius 2 is 2.00 bits per heavy atom. The molecule has 1 aliphatic heterocycles. The lowest BCUT2D eigenvalue weighted by Crippen LogP contribution is -2.39. The molecule has 1 heterocycles. The molecule has 0 aromatic carbocycles. The van der Waals surface area contributed by atoms with Gasteiger partial charge in [0.05, 0.1) is 13.3 Å². The molecule has 14 heavy (non-hydrogen) atoms. The van der Waals surface area contributed by atoms with Crippen LogP contribution in [0.5, 0.6) is 0 Å². The Labute approximate surface area is 87.6 Å². The molecular weight excluding hydrogens is 174 g/mol. The van der Waals surface area contributed by atoms with Gasteiger partial charge in [0.2, 0.25) is 0 Å². The molecule has 82 valence electrons. The summed E-state index contributed by atoms with van der Waals surface area (Å²) in [7, 11) is 0. The fourth-order valence-electron chi connectivity index (χ4n) is 2.88. The van der Waals surface area contributed by atoms with Crippen molar-refractivity contribution in [1.82, 2.24) is 4.90 Å². The van der Waals surface area contributed by atoms with Gasteiger partial charge in [-0.3, -0.25) is 4.90 Å². The highest BCUT2D eigenvalue weighted by molar-refractivity contribution is 4.84. The molecule has 1 saturated carbocycles. The van der Waals surface area contributed by atoms with Crippen LogP contribution in [0.3, 0.4) is 0 Å². The first-order valence-electron chi connectivity index (χ1n) is 6.11. The first-order valence-corrected chi connectivity index (χ1v) is 6.11. The zero-order chi connectivity index (χ0) is 9.97. The van der Waals surface area contributed by atoms with Crippen molar-refractivity contribution in [1.29, 1.82) is 0 Å². The summed E-state index contributed by atoms with van der Waals surface area (Å²) < 4.78 is 5.61. The van der Waals surface area contributed by atoms with Crippen molar-refractivity contribution in [2.45, 2.75) is 58.0 Å². The lowest BCUT2D eigenvalue weighted by molar-refractivity contribution is 0.105. The van der Waals surface area contributed by atoms with E-state index in [-0.39, 0.29) is 0 Å². The summed E-state index contributed by atoms with van der Waals surface area (Å²) in [5.74, 6) is 0.797. The molecule has 0 N–H and O–H groups in total. The summed E-state index contributed by atoms with van der Waals surface area (Å²) in [6, 6.07) is 1.54. The Morgan fingerprint density at radius 3 is 2.64 bits per heavy atom. The number of rotatable bonds is 3. The maximum Gasteiger partial charge on any atom is 0.0996 e. The van der Waals surface area contributed by atoms with Crippen molar-refractivity contribution in [3.05, 3.63) is 0 Å². The van der Waals surface area contributed by atoms with Gasteiger partial charge in [-0.2, -0.15) is 0 Å². The van der Waals surface area contributed by atoms with Gasteiger partial charge in [0.1, 0.15) is 0 Å². The number of hydrogen-bond donors (Lipinski definition) is 0. The van der Waals surface area contributed by atoms with Gasteiger partial charge in [0, 0.05) is 12.1 Å². The lowest BCUT2D eigenvalue weighted by Gasteiger charge is -2.29. The van der Waals surface area contributed by atoms with Crippen LogP contribution in [0.2, 0.25) is 0 Å². The standard InChI is InChI=1S/C12H23NO/c1-10(2)7-12-8-14-9-13(12)11-5-3-4-6-11/h10-12H,3-9H2,1-2H3. The third-order valence-corrected chi connectivity index (χ3v) is 3.56. The second-order valence-electron chi connectivity index (χ2n) is 5.24. The first kappa shape index (κ1) is 10.4. The number of nitrogens with zero attached hydrogens (tertiary/aromatic N) is 1. The van der Waals surface area contributed by atoms with Crippen LogP contribution >= 0.6 is 0 Å². The second kappa shape index (κ2) is 4.63. The molecule has 0 spiro atoms. The van der Waals surface area contributed by atoms with Gasteiger partial charge in [0.25, 0.3) is 0 Å². The van der Waals surface area contributed by atoms with E-state index >= 15 is 0 Å². The minimum absolute atomic E-state index is 0.707. The molecule has 2 nitrogen and oxygen atoms in total. The van der Waals surface area contributed by atoms with Gasteiger partial charge >= 0.3 is 0 Å². The third-order valence-electron chi connectivity index (χ3n) is 3.56. The molecule has 2 heteroatoms. The Balaban J connectivity index is 1.89. The SMILES string of the molecule is CC(C)CC1COCN1C1CCCC1. The smallest absolute Gasteiger partial charge is 0.0996 e. The Morgan fingerprint density at radius 1 is 1.29 bits per heavy atom. The topological polar surface area (TPSA) is 12.5 Å². The van der Waals surface area contributed by atoms with E-state index in [2.05, 4.69) is 18.7 Å². The van der Waals surface area contributed by atoms with Gasteiger partial charge in [-0.25, -0.2) is 0 Å². The van der Waals surface area contributed by atoms with Gasteiger partial charge in [-0.15, -0.1) is 0 Å². The van der Waals surface area contributed by atoms with E-state index in [0.29, 0.717) is 6.04 Å². The monoisotopic (exact) mass is 197 g/mol. The van der Waals surface area contributed by atoms with Crippen LogP contribution in [0.25, 0.3) is 0 Å². The summed E-state index contributed by atoms with van der Waals surface area (Å²) in [6.07, 6.45) is 6.96. The van der Waals surface area contributed by atoms with Gasteiger partial charge in [-0.1, -0.05) is 26.7 Å². The van der Waals surface area contributed by atoms with Crippen molar-refractivity contribution in [3.8, 4) is 0 Å². The van der Waals surface area contributed by atoms with Crippen molar-refractivity contribution in [3.63, 3.8) is 0 Å². The largest absolute Gasteiger partial charge is 0.364 e. The summed E-state index contributed by atoms with van der Waals surface area (Å²) in [5.41, 5.74) is 0. The molecule has 2 aliphatic rings. The minimum Gasteiger partial charge on any atom is -0.364 e. The molecule has 2 rings (SSSR count). The number of ether oxygens (including phenoxy) is 1. The van der Waals surface area contributed by atoms with Crippen molar-refractivity contribution in [2.75, 3.05) is 13.3 Å². The van der Waals surface area contributed by atoms with Crippen molar-refractivity contribution in [2.24, 2.45) is 5.92 Å². The highest BCUT2D eigenvalue weighted by atomic mass is 16.5. The molecule has 0 aromatic heterocycles. The van der Waals surface area contributed by atoms with E-state index in [9.17, 15) is 0 Å². The molecule has 0 aromatic rings. The average molecular weight is 197 g/mol. The van der Waals surface area contributed by atoms with E-state index in [1.165, 1.54) is 32.1 Å². The molecule has 2 fully saturated rings. The van der Waals surface area contributed by atoms with E-state index in [0.717, 1.165) is 25.3 Å².